The van der Waals surface area contributed by atoms with E-state index in [1.807, 2.05) is 0 Å². The predicted octanol–water partition coefficient (Wildman–Crippen LogP) is 0.330. The number of ether oxygens (including phenoxy) is 1. The Morgan fingerprint density at radius 2 is 1.71 bits per heavy atom. The summed E-state index contributed by atoms with van der Waals surface area (Å²) in [5, 5.41) is 22.5. The maximum Gasteiger partial charge on any atom is 0.300 e. The Morgan fingerprint density at radius 3 is 1.94 bits per heavy atom. The van der Waals surface area contributed by atoms with Gasteiger partial charge >= 0.3 is 0 Å². The molecule has 96 valence electrons. The van der Waals surface area contributed by atoms with E-state index in [2.05, 4.69) is 11.5 Å². The number of aliphatic carboxylic acids is 1. The summed E-state index contributed by atoms with van der Waals surface area (Å²) >= 11 is 0. The number of aromatic hydroxyl groups is 1. The van der Waals surface area contributed by atoms with Crippen LogP contribution in [0.5, 0.6) is 11.5 Å². The number of phenolic OH excluding ortho intramolecular Hbond substituents is 1. The van der Waals surface area contributed by atoms with Gasteiger partial charge in [0.2, 0.25) is 0 Å². The van der Waals surface area contributed by atoms with E-state index in [4.69, 9.17) is 25.2 Å². The number of hydrogen-bond acceptors (Lipinski definition) is 4. The first-order valence-corrected chi connectivity index (χ1v) is 4.42. The molecule has 0 unspecified atom stereocenters. The molecule has 0 bridgehead atoms. The van der Waals surface area contributed by atoms with E-state index >= 15 is 0 Å². The summed E-state index contributed by atoms with van der Waals surface area (Å²) in [6.45, 7) is 1.08. The number of nitrogens with two attached hydrogens (primary N) is 2. The third kappa shape index (κ3) is 16.2. The number of methoxy groups -OCH3 is 1. The van der Waals surface area contributed by atoms with Crippen molar-refractivity contribution < 1.29 is 19.7 Å². The Morgan fingerprint density at radius 1 is 1.35 bits per heavy atom. The van der Waals surface area contributed by atoms with Crippen LogP contribution in [0.4, 0.5) is 0 Å². The fourth-order valence-corrected chi connectivity index (χ4v) is 0.630. The molecule has 0 radical (unpaired) electrons. The zero-order valence-electron chi connectivity index (χ0n) is 9.68. The van der Waals surface area contributed by atoms with Crippen LogP contribution in [0.25, 0.3) is 0 Å². The number of carboxylic acid groups (broad SMARTS) is 1. The van der Waals surface area contributed by atoms with Gasteiger partial charge in [0.15, 0.2) is 17.5 Å². The van der Waals surface area contributed by atoms with Crippen LogP contribution >= 0.6 is 0 Å². The summed E-state index contributed by atoms with van der Waals surface area (Å²) in [7, 11) is 1.52. The van der Waals surface area contributed by atoms with Gasteiger partial charge in [-0.1, -0.05) is 12.1 Å². The van der Waals surface area contributed by atoms with E-state index in [1.54, 1.807) is 24.3 Å². The second-order valence-electron chi connectivity index (χ2n) is 2.65. The van der Waals surface area contributed by atoms with Crippen molar-refractivity contribution in [3.8, 4) is 11.5 Å². The monoisotopic (exact) mass is 243 g/mol. The van der Waals surface area contributed by atoms with Crippen molar-refractivity contribution in [3.05, 3.63) is 24.3 Å². The van der Waals surface area contributed by atoms with Crippen molar-refractivity contribution in [1.82, 2.24) is 0 Å². The van der Waals surface area contributed by atoms with Crippen molar-refractivity contribution >= 4 is 11.9 Å². The van der Waals surface area contributed by atoms with Crippen LogP contribution in [0.15, 0.2) is 24.3 Å². The number of phenols is 1. The highest BCUT2D eigenvalue weighted by Gasteiger charge is 1.94. The number of carbonyl (C=O) groups is 1. The van der Waals surface area contributed by atoms with Gasteiger partial charge in [-0.15, -0.1) is 0 Å². The van der Waals surface area contributed by atoms with Crippen LogP contribution < -0.4 is 16.2 Å². The van der Waals surface area contributed by atoms with Crippen LogP contribution in [0.2, 0.25) is 0 Å². The fraction of sp³-hybridized carbons (Fsp3) is 0.200. The van der Waals surface area contributed by atoms with Gasteiger partial charge in [0.05, 0.1) is 7.11 Å². The Hall–Kier alpha value is -2.44. The molecule has 1 aromatic carbocycles. The quantitative estimate of drug-likeness (QED) is 0.355. The molecule has 0 heterocycles. The van der Waals surface area contributed by atoms with E-state index in [-0.39, 0.29) is 11.7 Å². The molecule has 0 atom stereocenters. The summed E-state index contributed by atoms with van der Waals surface area (Å²) in [5.74, 6) is -0.475. The van der Waals surface area contributed by atoms with Gasteiger partial charge in [-0.25, -0.2) is 0 Å². The molecular formula is C10H17N3O4. The lowest BCUT2D eigenvalue weighted by Crippen LogP contribution is -2.20. The molecule has 0 aliphatic carbocycles. The first-order chi connectivity index (χ1) is 7.81. The molecule has 1 aromatic rings. The van der Waals surface area contributed by atoms with Crippen LogP contribution in [0.3, 0.4) is 0 Å². The Kier molecular flexibility index (Phi) is 10.1. The summed E-state index contributed by atoms with van der Waals surface area (Å²) in [6, 6.07) is 6.84. The highest BCUT2D eigenvalue weighted by Crippen LogP contribution is 2.22. The minimum atomic E-state index is -0.833. The topological polar surface area (TPSA) is 143 Å². The van der Waals surface area contributed by atoms with E-state index in [0.717, 1.165) is 6.92 Å². The summed E-state index contributed by atoms with van der Waals surface area (Å²) in [6.07, 6.45) is 0. The zero-order valence-corrected chi connectivity index (χ0v) is 9.68. The van der Waals surface area contributed by atoms with Crippen molar-refractivity contribution in [2.75, 3.05) is 7.11 Å². The lowest BCUT2D eigenvalue weighted by atomic mass is 10.3. The molecule has 17 heavy (non-hydrogen) atoms. The van der Waals surface area contributed by atoms with Gasteiger partial charge in [0.25, 0.3) is 5.97 Å². The van der Waals surface area contributed by atoms with Crippen molar-refractivity contribution in [2.24, 2.45) is 11.5 Å². The molecule has 1 rings (SSSR count). The van der Waals surface area contributed by atoms with E-state index in [1.165, 1.54) is 7.11 Å². The normalized spacial score (nSPS) is 7.65. The van der Waals surface area contributed by atoms with Crippen LogP contribution in [-0.4, -0.2) is 29.3 Å². The smallest absolute Gasteiger partial charge is 0.300 e. The molecule has 0 aromatic heterocycles. The number of nitrogens with one attached hydrogen (secondary N) is 1. The van der Waals surface area contributed by atoms with Gasteiger partial charge in [-0.3, -0.25) is 10.2 Å². The molecular weight excluding hydrogens is 226 g/mol. The molecule has 7 heteroatoms. The van der Waals surface area contributed by atoms with Crippen LogP contribution in [-0.2, 0) is 4.79 Å². The standard InChI is InChI=1S/C7H8O2.C2H4O2.CH5N3/c1-9-7-5-3-2-4-6(7)8;1-2(3)4;2-1(3)4/h2-5,8H,1H3;1H3,(H,3,4);(H5,2,3,4). The third-order valence-corrected chi connectivity index (χ3v) is 1.09. The van der Waals surface area contributed by atoms with Crippen LogP contribution in [0, 0.1) is 5.41 Å². The average molecular weight is 243 g/mol. The molecule has 7 N–H and O–H groups in total. The van der Waals surface area contributed by atoms with Gasteiger partial charge < -0.3 is 26.4 Å². The predicted molar refractivity (Wildman–Crippen MR) is 64.1 cm³/mol. The largest absolute Gasteiger partial charge is 0.504 e. The number of guanidine groups is 1. The maximum atomic E-state index is 9.00. The van der Waals surface area contributed by atoms with Gasteiger partial charge in [-0.05, 0) is 12.1 Å². The molecule has 0 fully saturated rings. The molecule has 0 saturated carbocycles. The minimum Gasteiger partial charge on any atom is -0.504 e. The molecule has 7 nitrogen and oxygen atoms in total. The van der Waals surface area contributed by atoms with E-state index in [0.29, 0.717) is 5.75 Å². The Labute approximate surface area is 99.1 Å². The SMILES string of the molecule is CC(=O)O.COc1ccccc1O.N=C(N)N. The second-order valence-corrected chi connectivity index (χ2v) is 2.65. The number of rotatable bonds is 1. The maximum absolute atomic E-state index is 9.00. The van der Waals surface area contributed by atoms with Crippen molar-refractivity contribution in [1.29, 1.82) is 5.41 Å². The second kappa shape index (κ2) is 10.1. The van der Waals surface area contributed by atoms with E-state index < -0.39 is 5.97 Å². The summed E-state index contributed by atoms with van der Waals surface area (Å²) in [5.41, 5.74) is 8.94. The highest BCUT2D eigenvalue weighted by atomic mass is 16.5. The molecule has 0 amide bonds. The number of hydrogen-bond donors (Lipinski definition) is 5. The number of benzene rings is 1. The number of para-hydroxylation sites is 2. The van der Waals surface area contributed by atoms with Gasteiger partial charge in [-0.2, -0.15) is 0 Å². The average Bonchev–Trinajstić information content (AvgIpc) is 2.16. The third-order valence-electron chi connectivity index (χ3n) is 1.09. The Bertz CT molecular complexity index is 335. The van der Waals surface area contributed by atoms with Gasteiger partial charge in [0, 0.05) is 6.92 Å². The minimum absolute atomic E-state index is 0.181. The van der Waals surface area contributed by atoms with E-state index in [9.17, 15) is 0 Å². The molecule has 0 saturated heterocycles. The molecule has 0 spiro atoms. The van der Waals surface area contributed by atoms with Crippen molar-refractivity contribution in [2.45, 2.75) is 6.92 Å². The summed E-state index contributed by atoms with van der Waals surface area (Å²) < 4.78 is 4.79. The van der Waals surface area contributed by atoms with Crippen LogP contribution in [0.1, 0.15) is 6.92 Å². The first-order valence-electron chi connectivity index (χ1n) is 4.42. The highest BCUT2D eigenvalue weighted by molar-refractivity contribution is 5.71. The fourth-order valence-electron chi connectivity index (χ4n) is 0.630. The first kappa shape index (κ1) is 17.0. The number of carboxylic acids is 1. The Balaban J connectivity index is 0. The molecule has 0 aliphatic rings. The zero-order chi connectivity index (χ0) is 13.8. The lowest BCUT2D eigenvalue weighted by Gasteiger charge is -1.99. The van der Waals surface area contributed by atoms with Crippen molar-refractivity contribution in [3.63, 3.8) is 0 Å². The lowest BCUT2D eigenvalue weighted by molar-refractivity contribution is -0.134. The summed E-state index contributed by atoms with van der Waals surface area (Å²) in [4.78, 5) is 9.00. The molecule has 0 aliphatic heterocycles. The van der Waals surface area contributed by atoms with Gasteiger partial charge in [0.1, 0.15) is 0 Å².